The van der Waals surface area contributed by atoms with Gasteiger partial charge in [-0.25, -0.2) is 4.85 Å². The molecule has 226 valence electrons. The molecular weight excluding hydrogens is 524 g/mol. The first-order valence-electron chi connectivity index (χ1n) is 16.6. The SMILES string of the molecule is [C-]#[N+]c1ccc2c(c1)C(C)(C)C(=CC=CC1=[N+](CCCCCCC)c3ccc(C#N)cc3C1(C)C)N2CCCCCCC. The average molecular weight is 576 g/mol. The van der Waals surface area contributed by atoms with Gasteiger partial charge in [-0.15, -0.1) is 0 Å². The smallest absolute Gasteiger partial charge is 0.209 e. The van der Waals surface area contributed by atoms with Crippen LogP contribution in [0.1, 0.15) is 122 Å². The molecule has 0 spiro atoms. The van der Waals surface area contributed by atoms with Gasteiger partial charge in [0.15, 0.2) is 11.4 Å². The fourth-order valence-electron chi connectivity index (χ4n) is 6.94. The first kappa shape index (κ1) is 32.3. The van der Waals surface area contributed by atoms with Crippen molar-refractivity contribution in [2.24, 2.45) is 0 Å². The molecule has 0 bridgehead atoms. The maximum absolute atomic E-state index is 9.63. The van der Waals surface area contributed by atoms with E-state index in [1.807, 2.05) is 12.1 Å². The Morgan fingerprint density at radius 2 is 1.56 bits per heavy atom. The van der Waals surface area contributed by atoms with Crippen LogP contribution in [0.25, 0.3) is 4.85 Å². The highest BCUT2D eigenvalue weighted by Gasteiger charge is 2.44. The lowest BCUT2D eigenvalue weighted by atomic mass is 9.80. The molecule has 0 aromatic heterocycles. The van der Waals surface area contributed by atoms with Crippen LogP contribution in [0.15, 0.2) is 60.3 Å². The van der Waals surface area contributed by atoms with Gasteiger partial charge in [-0.05, 0) is 56.5 Å². The minimum atomic E-state index is -0.196. The average Bonchev–Trinajstić information content (AvgIpc) is 3.34. The fraction of sp³-hybridized carbons (Fsp3) is 0.513. The maximum atomic E-state index is 9.63. The molecule has 43 heavy (non-hydrogen) atoms. The van der Waals surface area contributed by atoms with Gasteiger partial charge in [0.05, 0.1) is 23.6 Å². The Labute approximate surface area is 261 Å². The standard InChI is InChI=1S/C39H51N4/c1-8-10-12-14-16-25-42-34-23-21-30(29-40)27-32(34)38(3,4)36(42)19-18-20-37-39(5,6)33-28-31(41-7)22-24-35(33)43(37)26-17-15-13-11-9-2/h18-24,27-28H,8-17,25-26H2,1-6H3/q+1. The second-order valence-electron chi connectivity index (χ2n) is 13.3. The third-order valence-corrected chi connectivity index (χ3v) is 9.50. The van der Waals surface area contributed by atoms with Crippen molar-refractivity contribution in [2.75, 3.05) is 18.0 Å². The van der Waals surface area contributed by atoms with E-state index in [2.05, 4.69) is 104 Å². The van der Waals surface area contributed by atoms with Gasteiger partial charge >= 0.3 is 0 Å². The van der Waals surface area contributed by atoms with Gasteiger partial charge in [0.2, 0.25) is 5.69 Å². The summed E-state index contributed by atoms with van der Waals surface area (Å²) in [6, 6.07) is 14.8. The van der Waals surface area contributed by atoms with E-state index in [0.29, 0.717) is 5.69 Å². The Kier molecular flexibility index (Phi) is 10.7. The summed E-state index contributed by atoms with van der Waals surface area (Å²) in [5, 5.41) is 9.63. The minimum absolute atomic E-state index is 0.191. The summed E-state index contributed by atoms with van der Waals surface area (Å²) in [5.41, 5.74) is 8.59. The van der Waals surface area contributed by atoms with Crippen molar-refractivity contribution >= 4 is 22.8 Å². The summed E-state index contributed by atoms with van der Waals surface area (Å²) in [5.74, 6) is 0. The Balaban J connectivity index is 1.70. The van der Waals surface area contributed by atoms with Gasteiger partial charge in [0.1, 0.15) is 6.54 Å². The van der Waals surface area contributed by atoms with Crippen LogP contribution in [-0.4, -0.2) is 23.4 Å². The molecule has 0 saturated carbocycles. The molecule has 0 amide bonds. The second-order valence-corrected chi connectivity index (χ2v) is 13.3. The number of hydrogen-bond donors (Lipinski definition) is 0. The van der Waals surface area contributed by atoms with Crippen molar-refractivity contribution in [3.05, 3.63) is 88.4 Å². The van der Waals surface area contributed by atoms with Gasteiger partial charge in [-0.3, -0.25) is 0 Å². The van der Waals surface area contributed by atoms with Gasteiger partial charge in [0.25, 0.3) is 0 Å². The summed E-state index contributed by atoms with van der Waals surface area (Å²) in [6.45, 7) is 23.3. The molecular formula is C39H51N4+. The fourth-order valence-corrected chi connectivity index (χ4v) is 6.94. The largest absolute Gasteiger partial charge is 0.344 e. The number of nitriles is 1. The number of allylic oxidation sites excluding steroid dienone is 4. The summed E-state index contributed by atoms with van der Waals surface area (Å²) >= 11 is 0. The first-order chi connectivity index (χ1) is 20.7. The van der Waals surface area contributed by atoms with Gasteiger partial charge in [-0.2, -0.15) is 9.84 Å². The molecule has 0 fully saturated rings. The van der Waals surface area contributed by atoms with Crippen LogP contribution >= 0.6 is 0 Å². The Morgan fingerprint density at radius 1 is 0.860 bits per heavy atom. The van der Waals surface area contributed by atoms with Crippen molar-refractivity contribution in [2.45, 2.75) is 117 Å². The third-order valence-electron chi connectivity index (χ3n) is 9.50. The van der Waals surface area contributed by atoms with E-state index in [-0.39, 0.29) is 10.8 Å². The zero-order chi connectivity index (χ0) is 31.0. The first-order valence-corrected chi connectivity index (χ1v) is 16.6. The van der Waals surface area contributed by atoms with Gasteiger partial charge < -0.3 is 4.90 Å². The molecule has 0 aliphatic carbocycles. The highest BCUT2D eigenvalue weighted by atomic mass is 15.2. The van der Waals surface area contributed by atoms with E-state index < -0.39 is 0 Å². The summed E-state index contributed by atoms with van der Waals surface area (Å²) in [7, 11) is 0. The lowest BCUT2D eigenvalue weighted by molar-refractivity contribution is -0.438. The van der Waals surface area contributed by atoms with Gasteiger partial charge in [0, 0.05) is 47.5 Å². The Morgan fingerprint density at radius 3 is 2.23 bits per heavy atom. The predicted octanol–water partition coefficient (Wildman–Crippen LogP) is 10.7. The highest BCUT2D eigenvalue weighted by molar-refractivity contribution is 6.03. The van der Waals surface area contributed by atoms with E-state index in [1.54, 1.807) is 0 Å². The van der Waals surface area contributed by atoms with Crippen LogP contribution in [0.5, 0.6) is 0 Å². The quantitative estimate of drug-likeness (QED) is 0.128. The van der Waals surface area contributed by atoms with Crippen molar-refractivity contribution in [1.29, 1.82) is 5.26 Å². The molecule has 0 radical (unpaired) electrons. The van der Waals surface area contributed by atoms with Crippen LogP contribution in [0.4, 0.5) is 17.1 Å². The minimum Gasteiger partial charge on any atom is -0.344 e. The molecule has 2 aromatic rings. The van der Waals surface area contributed by atoms with Crippen LogP contribution in [-0.2, 0) is 10.8 Å². The van der Waals surface area contributed by atoms with E-state index in [9.17, 15) is 5.26 Å². The van der Waals surface area contributed by atoms with Gasteiger partial charge in [-0.1, -0.05) is 90.8 Å². The number of hydrogen-bond acceptors (Lipinski definition) is 2. The molecule has 4 nitrogen and oxygen atoms in total. The lowest BCUT2D eigenvalue weighted by Gasteiger charge is -2.27. The van der Waals surface area contributed by atoms with E-state index in [1.165, 1.54) is 85.3 Å². The number of fused-ring (bicyclic) bond motifs is 2. The molecule has 0 saturated heterocycles. The number of benzene rings is 2. The summed E-state index contributed by atoms with van der Waals surface area (Å²) in [6.07, 6.45) is 19.3. The molecule has 0 atom stereocenters. The Bertz CT molecular complexity index is 1470. The van der Waals surface area contributed by atoms with Crippen molar-refractivity contribution in [3.8, 4) is 6.07 Å². The molecule has 4 heteroatoms. The van der Waals surface area contributed by atoms with Crippen LogP contribution in [0, 0.1) is 17.9 Å². The normalized spacial score (nSPS) is 17.4. The van der Waals surface area contributed by atoms with Crippen molar-refractivity contribution < 1.29 is 4.58 Å². The topological polar surface area (TPSA) is 34.4 Å². The predicted molar refractivity (Wildman–Crippen MR) is 182 cm³/mol. The zero-order valence-electron chi connectivity index (χ0n) is 27.5. The van der Waals surface area contributed by atoms with E-state index in [0.717, 1.165) is 31.5 Å². The molecule has 2 aliphatic heterocycles. The molecule has 4 rings (SSSR count). The van der Waals surface area contributed by atoms with E-state index >= 15 is 0 Å². The molecule has 0 unspecified atom stereocenters. The second kappa shape index (κ2) is 14.2. The van der Waals surface area contributed by atoms with Crippen LogP contribution < -0.4 is 4.90 Å². The summed E-state index contributed by atoms with van der Waals surface area (Å²) in [4.78, 5) is 6.24. The number of nitrogens with zero attached hydrogens (tertiary/aromatic N) is 4. The zero-order valence-corrected chi connectivity index (χ0v) is 27.5. The van der Waals surface area contributed by atoms with Crippen molar-refractivity contribution in [1.82, 2.24) is 0 Å². The maximum Gasteiger partial charge on any atom is 0.209 e. The summed E-state index contributed by atoms with van der Waals surface area (Å²) < 4.78 is 2.50. The molecule has 2 heterocycles. The van der Waals surface area contributed by atoms with Crippen molar-refractivity contribution in [3.63, 3.8) is 0 Å². The number of anilines is 1. The third kappa shape index (κ3) is 6.80. The molecule has 2 aromatic carbocycles. The van der Waals surface area contributed by atoms with Crippen LogP contribution in [0.3, 0.4) is 0 Å². The number of rotatable bonds is 14. The lowest BCUT2D eigenvalue weighted by Crippen LogP contribution is -2.28. The highest BCUT2D eigenvalue weighted by Crippen LogP contribution is 2.49. The van der Waals surface area contributed by atoms with Crippen LogP contribution in [0.2, 0.25) is 0 Å². The number of unbranched alkanes of at least 4 members (excludes halogenated alkanes) is 8. The molecule has 2 aliphatic rings. The monoisotopic (exact) mass is 575 g/mol. The van der Waals surface area contributed by atoms with E-state index in [4.69, 9.17) is 6.57 Å². The molecule has 0 N–H and O–H groups in total. The Hall–Kier alpha value is -3.63.